The summed E-state index contributed by atoms with van der Waals surface area (Å²) < 4.78 is 8.04. The Morgan fingerprint density at radius 3 is 2.68 bits per heavy atom. The lowest BCUT2D eigenvalue weighted by atomic mass is 10.3. The summed E-state index contributed by atoms with van der Waals surface area (Å²) in [5.74, 6) is 2.05. The van der Waals surface area contributed by atoms with Crippen LogP contribution in [0.15, 0.2) is 48.8 Å². The van der Waals surface area contributed by atoms with Gasteiger partial charge in [-0.05, 0) is 37.1 Å². The van der Waals surface area contributed by atoms with E-state index in [1.165, 1.54) is 5.52 Å². The number of rotatable bonds is 7. The van der Waals surface area contributed by atoms with E-state index >= 15 is 0 Å². The number of benzene rings is 1. The molecule has 22 heavy (non-hydrogen) atoms. The van der Waals surface area contributed by atoms with Crippen molar-refractivity contribution in [2.75, 3.05) is 6.61 Å². The third-order valence-corrected chi connectivity index (χ3v) is 3.74. The van der Waals surface area contributed by atoms with Crippen molar-refractivity contribution in [2.24, 2.45) is 0 Å². The van der Waals surface area contributed by atoms with Crippen LogP contribution in [0.25, 0.3) is 11.0 Å². The lowest BCUT2D eigenvalue weighted by Gasteiger charge is -2.09. The van der Waals surface area contributed by atoms with E-state index < -0.39 is 0 Å². The lowest BCUT2D eigenvalue weighted by Crippen LogP contribution is -2.05. The first-order chi connectivity index (χ1) is 10.9. The maximum atomic E-state index is 5.70. The number of unbranched alkanes of at least 4 members (excludes halogenated alkanes) is 1. The van der Waals surface area contributed by atoms with E-state index in [9.17, 15) is 0 Å². The zero-order chi connectivity index (χ0) is 15.2. The number of nitrogens with zero attached hydrogens (tertiary/aromatic N) is 3. The van der Waals surface area contributed by atoms with Gasteiger partial charge < -0.3 is 9.30 Å². The van der Waals surface area contributed by atoms with Gasteiger partial charge in [0, 0.05) is 25.4 Å². The van der Waals surface area contributed by atoms with Crippen LogP contribution < -0.4 is 4.74 Å². The van der Waals surface area contributed by atoms with Gasteiger partial charge in [-0.1, -0.05) is 19.1 Å². The second kappa shape index (κ2) is 7.07. The minimum Gasteiger partial charge on any atom is -0.493 e. The van der Waals surface area contributed by atoms with Crippen LogP contribution in [-0.2, 0) is 13.0 Å². The van der Waals surface area contributed by atoms with Gasteiger partial charge >= 0.3 is 0 Å². The molecule has 4 heteroatoms. The third-order valence-electron chi connectivity index (χ3n) is 3.74. The van der Waals surface area contributed by atoms with Gasteiger partial charge in [-0.15, -0.1) is 0 Å². The lowest BCUT2D eigenvalue weighted by molar-refractivity contribution is 0.303. The van der Waals surface area contributed by atoms with Gasteiger partial charge in [0.1, 0.15) is 11.6 Å². The Balaban J connectivity index is 1.55. The SMILES string of the molecule is CCc1nc2ccccc2n1CCCCOc1ccncc1. The zero-order valence-corrected chi connectivity index (χ0v) is 12.9. The van der Waals surface area contributed by atoms with E-state index in [4.69, 9.17) is 9.72 Å². The van der Waals surface area contributed by atoms with Crippen molar-refractivity contribution < 1.29 is 4.74 Å². The van der Waals surface area contributed by atoms with E-state index in [2.05, 4.69) is 34.7 Å². The molecular formula is C18H21N3O. The Morgan fingerprint density at radius 1 is 1.05 bits per heavy atom. The maximum Gasteiger partial charge on any atom is 0.122 e. The quantitative estimate of drug-likeness (QED) is 0.621. The van der Waals surface area contributed by atoms with Crippen molar-refractivity contribution in [3.8, 4) is 5.75 Å². The number of aromatic nitrogens is 3. The predicted molar refractivity (Wildman–Crippen MR) is 88.1 cm³/mol. The fourth-order valence-electron chi connectivity index (χ4n) is 2.64. The van der Waals surface area contributed by atoms with Crippen LogP contribution in [0.3, 0.4) is 0 Å². The minimum atomic E-state index is 0.734. The number of ether oxygens (including phenoxy) is 1. The van der Waals surface area contributed by atoms with Crippen molar-refractivity contribution in [3.05, 3.63) is 54.6 Å². The summed E-state index contributed by atoms with van der Waals surface area (Å²) in [6.07, 6.45) is 6.57. The average molecular weight is 295 g/mol. The largest absolute Gasteiger partial charge is 0.493 e. The van der Waals surface area contributed by atoms with E-state index in [0.29, 0.717) is 0 Å². The fourth-order valence-corrected chi connectivity index (χ4v) is 2.64. The molecule has 0 amide bonds. The number of para-hydroxylation sites is 2. The summed E-state index contributed by atoms with van der Waals surface area (Å²) in [5.41, 5.74) is 2.32. The van der Waals surface area contributed by atoms with Crippen molar-refractivity contribution in [3.63, 3.8) is 0 Å². The Kier molecular flexibility index (Phi) is 4.68. The number of pyridine rings is 1. The zero-order valence-electron chi connectivity index (χ0n) is 12.9. The molecule has 2 heterocycles. The summed E-state index contributed by atoms with van der Waals surface area (Å²) >= 11 is 0. The molecule has 0 bridgehead atoms. The molecule has 0 saturated carbocycles. The van der Waals surface area contributed by atoms with Crippen molar-refractivity contribution >= 4 is 11.0 Å². The summed E-state index contributed by atoms with van der Waals surface area (Å²) in [4.78, 5) is 8.68. The van der Waals surface area contributed by atoms with E-state index in [-0.39, 0.29) is 0 Å². The van der Waals surface area contributed by atoms with Crippen LogP contribution in [-0.4, -0.2) is 21.1 Å². The Morgan fingerprint density at radius 2 is 1.86 bits per heavy atom. The summed E-state index contributed by atoms with van der Waals surface area (Å²) in [5, 5.41) is 0. The molecule has 114 valence electrons. The molecule has 0 saturated heterocycles. The third kappa shape index (κ3) is 3.27. The van der Waals surface area contributed by atoms with Gasteiger partial charge in [-0.3, -0.25) is 4.98 Å². The standard InChI is InChI=1S/C18H21N3O/c1-2-18-20-16-7-3-4-8-17(16)21(18)13-5-6-14-22-15-9-11-19-12-10-15/h3-4,7-12H,2,5-6,13-14H2,1H3. The van der Waals surface area contributed by atoms with Gasteiger partial charge in [0.2, 0.25) is 0 Å². The van der Waals surface area contributed by atoms with Gasteiger partial charge in [0.15, 0.2) is 0 Å². The molecule has 0 atom stereocenters. The molecule has 0 aliphatic heterocycles. The molecule has 0 spiro atoms. The number of fused-ring (bicyclic) bond motifs is 1. The molecule has 4 nitrogen and oxygen atoms in total. The molecule has 0 unspecified atom stereocenters. The van der Waals surface area contributed by atoms with Crippen LogP contribution in [0.4, 0.5) is 0 Å². The van der Waals surface area contributed by atoms with E-state index in [0.717, 1.165) is 49.5 Å². The second-order valence-electron chi connectivity index (χ2n) is 5.26. The maximum absolute atomic E-state index is 5.70. The average Bonchev–Trinajstić information content (AvgIpc) is 2.93. The first kappa shape index (κ1) is 14.6. The monoisotopic (exact) mass is 295 g/mol. The molecule has 3 rings (SSSR count). The van der Waals surface area contributed by atoms with Crippen molar-refractivity contribution in [1.82, 2.24) is 14.5 Å². The first-order valence-corrected chi connectivity index (χ1v) is 7.85. The summed E-state index contributed by atoms with van der Waals surface area (Å²) in [7, 11) is 0. The highest BCUT2D eigenvalue weighted by molar-refractivity contribution is 5.75. The molecular weight excluding hydrogens is 274 g/mol. The Labute approximate surface area is 130 Å². The first-order valence-electron chi connectivity index (χ1n) is 7.85. The van der Waals surface area contributed by atoms with Crippen LogP contribution in [0, 0.1) is 0 Å². The highest BCUT2D eigenvalue weighted by atomic mass is 16.5. The summed E-state index contributed by atoms with van der Waals surface area (Å²) in [6, 6.07) is 12.1. The Hall–Kier alpha value is -2.36. The topological polar surface area (TPSA) is 39.9 Å². The highest BCUT2D eigenvalue weighted by Gasteiger charge is 2.08. The molecule has 0 aliphatic rings. The summed E-state index contributed by atoms with van der Waals surface area (Å²) in [6.45, 7) is 3.88. The molecule has 0 aliphatic carbocycles. The normalized spacial score (nSPS) is 11.0. The van der Waals surface area contributed by atoms with Crippen LogP contribution in [0.1, 0.15) is 25.6 Å². The molecule has 0 fully saturated rings. The number of aryl methyl sites for hydroxylation is 2. The van der Waals surface area contributed by atoms with E-state index in [1.807, 2.05) is 18.2 Å². The molecule has 3 aromatic rings. The van der Waals surface area contributed by atoms with Crippen molar-refractivity contribution in [1.29, 1.82) is 0 Å². The number of hydrogen-bond acceptors (Lipinski definition) is 3. The van der Waals surface area contributed by atoms with Crippen LogP contribution in [0.2, 0.25) is 0 Å². The van der Waals surface area contributed by atoms with Gasteiger partial charge in [0.05, 0.1) is 17.6 Å². The number of imidazole rings is 1. The van der Waals surface area contributed by atoms with Gasteiger partial charge in [-0.2, -0.15) is 0 Å². The smallest absolute Gasteiger partial charge is 0.122 e. The highest BCUT2D eigenvalue weighted by Crippen LogP contribution is 2.17. The van der Waals surface area contributed by atoms with Crippen LogP contribution >= 0.6 is 0 Å². The van der Waals surface area contributed by atoms with Gasteiger partial charge in [-0.25, -0.2) is 4.98 Å². The molecule has 1 aromatic carbocycles. The van der Waals surface area contributed by atoms with Crippen molar-refractivity contribution in [2.45, 2.75) is 32.7 Å². The molecule has 0 radical (unpaired) electrons. The Bertz CT molecular complexity index is 722. The van der Waals surface area contributed by atoms with Crippen LogP contribution in [0.5, 0.6) is 5.75 Å². The predicted octanol–water partition coefficient (Wildman–Crippen LogP) is 3.85. The number of hydrogen-bond donors (Lipinski definition) is 0. The molecule has 0 N–H and O–H groups in total. The van der Waals surface area contributed by atoms with Gasteiger partial charge in [0.25, 0.3) is 0 Å². The second-order valence-corrected chi connectivity index (χ2v) is 5.26. The minimum absolute atomic E-state index is 0.734. The van der Waals surface area contributed by atoms with E-state index in [1.54, 1.807) is 12.4 Å². The molecule has 2 aromatic heterocycles. The fraction of sp³-hybridized carbons (Fsp3) is 0.333.